The van der Waals surface area contributed by atoms with Gasteiger partial charge in [0.1, 0.15) is 5.69 Å². The van der Waals surface area contributed by atoms with Crippen molar-refractivity contribution in [2.45, 2.75) is 31.8 Å². The first-order valence-corrected chi connectivity index (χ1v) is 9.69. The highest BCUT2D eigenvalue weighted by Crippen LogP contribution is 2.38. The molecule has 0 atom stereocenters. The molecule has 2 aromatic rings. The van der Waals surface area contributed by atoms with Gasteiger partial charge in [0.2, 0.25) is 10.9 Å². The minimum absolute atomic E-state index is 0.0708. The van der Waals surface area contributed by atoms with Crippen molar-refractivity contribution in [3.05, 3.63) is 43.9 Å². The molecule has 1 aromatic carbocycles. The second-order valence-corrected chi connectivity index (χ2v) is 6.44. The molecular formula is C17H21N5O5S. The minimum Gasteiger partial charge on any atom is -0.493 e. The van der Waals surface area contributed by atoms with Crippen molar-refractivity contribution in [1.82, 2.24) is 14.9 Å². The predicted molar refractivity (Wildman–Crippen MR) is 106 cm³/mol. The van der Waals surface area contributed by atoms with E-state index in [9.17, 15) is 14.9 Å². The second kappa shape index (κ2) is 9.83. The van der Waals surface area contributed by atoms with Crippen molar-refractivity contribution in [3.8, 4) is 11.5 Å². The van der Waals surface area contributed by atoms with Gasteiger partial charge >= 0.3 is 5.69 Å². The highest BCUT2D eigenvalue weighted by atomic mass is 32.2. The zero-order chi connectivity index (χ0) is 20.7. The molecule has 0 amide bonds. The number of aryl methyl sites for hydroxylation is 1. The molecule has 28 heavy (non-hydrogen) atoms. The van der Waals surface area contributed by atoms with E-state index < -0.39 is 10.5 Å². The van der Waals surface area contributed by atoms with Crippen LogP contribution in [0.15, 0.2) is 27.2 Å². The van der Waals surface area contributed by atoms with Gasteiger partial charge in [0.15, 0.2) is 5.75 Å². The quantitative estimate of drug-likeness (QED) is 0.204. The first kappa shape index (κ1) is 21.4. The van der Waals surface area contributed by atoms with Gasteiger partial charge < -0.3 is 9.47 Å². The maximum atomic E-state index is 12.2. The summed E-state index contributed by atoms with van der Waals surface area (Å²) in [6, 6.07) is 2.88. The van der Waals surface area contributed by atoms with Crippen molar-refractivity contribution < 1.29 is 14.4 Å². The number of ether oxygens (including phenoxy) is 2. The van der Waals surface area contributed by atoms with Crippen molar-refractivity contribution >= 4 is 23.7 Å². The molecular weight excluding hydrogens is 386 g/mol. The zero-order valence-corrected chi connectivity index (χ0v) is 16.9. The lowest BCUT2D eigenvalue weighted by Gasteiger charge is -2.11. The number of hydrogen-bond donors (Lipinski definition) is 0. The molecule has 0 spiro atoms. The van der Waals surface area contributed by atoms with Crippen LogP contribution in [0.1, 0.15) is 31.0 Å². The smallest absolute Gasteiger partial charge is 0.315 e. The summed E-state index contributed by atoms with van der Waals surface area (Å²) in [6.45, 7) is 3.87. The lowest BCUT2D eigenvalue weighted by molar-refractivity contribution is -0.386. The average molecular weight is 407 g/mol. The number of thioether (sulfide) groups is 1. The van der Waals surface area contributed by atoms with Crippen LogP contribution in [0.5, 0.6) is 11.5 Å². The largest absolute Gasteiger partial charge is 0.493 e. The highest BCUT2D eigenvalue weighted by molar-refractivity contribution is 7.98. The number of methoxy groups -OCH3 is 1. The summed E-state index contributed by atoms with van der Waals surface area (Å²) in [6.07, 6.45) is 4.72. The maximum Gasteiger partial charge on any atom is 0.315 e. The van der Waals surface area contributed by atoms with Crippen molar-refractivity contribution in [3.63, 3.8) is 0 Å². The molecule has 2 rings (SSSR count). The van der Waals surface area contributed by atoms with Gasteiger partial charge in [-0.1, -0.05) is 25.1 Å². The fraction of sp³-hybridized carbons (Fsp3) is 0.412. The van der Waals surface area contributed by atoms with E-state index in [0.29, 0.717) is 17.3 Å². The number of nitrogens with zero attached hydrogens (tertiary/aromatic N) is 5. The number of unbranched alkanes of at least 4 members (excludes halogenated alkanes) is 1. The number of benzene rings is 1. The Hall–Kier alpha value is -2.95. The van der Waals surface area contributed by atoms with Gasteiger partial charge in [-0.15, -0.1) is 10.2 Å². The van der Waals surface area contributed by atoms with Crippen LogP contribution >= 0.6 is 11.8 Å². The van der Waals surface area contributed by atoms with Crippen molar-refractivity contribution in [2.24, 2.45) is 5.10 Å². The topological polar surface area (TPSA) is 122 Å². The van der Waals surface area contributed by atoms with E-state index in [1.54, 1.807) is 12.3 Å². The first-order chi connectivity index (χ1) is 13.4. The molecule has 0 bridgehead atoms. The van der Waals surface area contributed by atoms with E-state index in [2.05, 4.69) is 15.3 Å². The lowest BCUT2D eigenvalue weighted by Crippen LogP contribution is -2.23. The summed E-state index contributed by atoms with van der Waals surface area (Å²) >= 11 is 1.21. The molecule has 0 radical (unpaired) electrons. The van der Waals surface area contributed by atoms with Gasteiger partial charge in [0, 0.05) is 11.6 Å². The molecule has 0 N–H and O–H groups in total. The molecule has 0 saturated carbocycles. The van der Waals surface area contributed by atoms with Gasteiger partial charge in [-0.05, 0) is 25.7 Å². The molecule has 0 saturated heterocycles. The predicted octanol–water partition coefficient (Wildman–Crippen LogP) is 2.65. The Balaban J connectivity index is 2.49. The van der Waals surface area contributed by atoms with Crippen LogP contribution in [-0.4, -0.2) is 46.0 Å². The number of hydrogen-bond acceptors (Lipinski definition) is 9. The fourth-order valence-electron chi connectivity index (χ4n) is 2.23. The van der Waals surface area contributed by atoms with Crippen LogP contribution in [0.4, 0.5) is 5.69 Å². The molecule has 1 heterocycles. The second-order valence-electron chi connectivity index (χ2n) is 5.66. The highest BCUT2D eigenvalue weighted by Gasteiger charge is 2.22. The van der Waals surface area contributed by atoms with Crippen LogP contribution in [-0.2, 0) is 0 Å². The molecule has 0 fully saturated rings. The van der Waals surface area contributed by atoms with Crippen LogP contribution in [0.2, 0.25) is 0 Å². The number of nitro groups is 1. The Morgan fingerprint density at radius 2 is 2.14 bits per heavy atom. The van der Waals surface area contributed by atoms with Crippen LogP contribution < -0.4 is 15.0 Å². The van der Waals surface area contributed by atoms with Crippen molar-refractivity contribution in [2.75, 3.05) is 20.0 Å². The third-order valence-corrected chi connectivity index (χ3v) is 4.31. The van der Waals surface area contributed by atoms with Crippen LogP contribution in [0, 0.1) is 17.0 Å². The summed E-state index contributed by atoms with van der Waals surface area (Å²) in [5.41, 5.74) is -0.0899. The van der Waals surface area contributed by atoms with Gasteiger partial charge in [0.05, 0.1) is 24.9 Å². The first-order valence-electron chi connectivity index (χ1n) is 8.46. The summed E-state index contributed by atoms with van der Waals surface area (Å²) in [7, 11) is 1.40. The standard InChI is InChI=1S/C17H21N5O5S/c1-5-6-7-27-15-13(22(24)25)8-12(9-14(15)26-3)10-18-21-16(23)11(2)19-20-17(21)28-4/h8-10H,5-7H2,1-4H3/b18-10-. The Morgan fingerprint density at radius 1 is 1.39 bits per heavy atom. The summed E-state index contributed by atoms with van der Waals surface area (Å²) in [5.74, 6) is 0.287. The van der Waals surface area contributed by atoms with E-state index in [4.69, 9.17) is 9.47 Å². The van der Waals surface area contributed by atoms with E-state index in [-0.39, 0.29) is 22.9 Å². The third-order valence-electron chi connectivity index (χ3n) is 3.69. The molecule has 0 aliphatic rings. The minimum atomic E-state index is -0.543. The van der Waals surface area contributed by atoms with E-state index in [1.165, 1.54) is 38.1 Å². The molecule has 150 valence electrons. The van der Waals surface area contributed by atoms with Crippen LogP contribution in [0.25, 0.3) is 0 Å². The third kappa shape index (κ3) is 4.85. The Kier molecular flexibility index (Phi) is 7.50. The molecule has 1 aromatic heterocycles. The van der Waals surface area contributed by atoms with Gasteiger partial charge in [-0.2, -0.15) is 9.78 Å². The Morgan fingerprint density at radius 3 is 2.75 bits per heavy atom. The SMILES string of the molecule is CCCCOc1c(OC)cc(/C=N\n2c(SC)nnc(C)c2=O)cc1[N+](=O)[O-]. The van der Waals surface area contributed by atoms with Gasteiger partial charge in [-0.25, -0.2) is 0 Å². The van der Waals surface area contributed by atoms with Gasteiger partial charge in [-0.3, -0.25) is 14.9 Å². The van der Waals surface area contributed by atoms with E-state index >= 15 is 0 Å². The Labute approximate surface area is 165 Å². The lowest BCUT2D eigenvalue weighted by atomic mass is 10.2. The van der Waals surface area contributed by atoms with Gasteiger partial charge in [0.25, 0.3) is 5.56 Å². The molecule has 10 nitrogen and oxygen atoms in total. The number of aromatic nitrogens is 3. The zero-order valence-electron chi connectivity index (χ0n) is 16.0. The van der Waals surface area contributed by atoms with E-state index in [0.717, 1.165) is 17.5 Å². The fourth-order valence-corrected chi connectivity index (χ4v) is 2.66. The number of nitro benzene ring substituents is 1. The molecule has 0 aliphatic carbocycles. The van der Waals surface area contributed by atoms with E-state index in [1.807, 2.05) is 6.92 Å². The average Bonchev–Trinajstić information content (AvgIpc) is 2.69. The monoisotopic (exact) mass is 407 g/mol. The molecule has 0 aliphatic heterocycles. The summed E-state index contributed by atoms with van der Waals surface area (Å²) in [4.78, 5) is 23.2. The molecule has 11 heteroatoms. The van der Waals surface area contributed by atoms with Crippen molar-refractivity contribution in [1.29, 1.82) is 0 Å². The summed E-state index contributed by atoms with van der Waals surface area (Å²) < 4.78 is 11.9. The summed E-state index contributed by atoms with van der Waals surface area (Å²) in [5, 5.41) is 23.6. The maximum absolute atomic E-state index is 12.2. The Bertz CT molecular complexity index is 944. The molecule has 0 unspecified atom stereocenters. The van der Waals surface area contributed by atoms with Crippen LogP contribution in [0.3, 0.4) is 0 Å². The normalized spacial score (nSPS) is 11.0. The number of rotatable bonds is 9.